The molecule has 2 heterocycles. The monoisotopic (exact) mass is 307 g/mol. The number of hydrogen-bond acceptors (Lipinski definition) is 4. The van der Waals surface area contributed by atoms with Gasteiger partial charge in [0.05, 0.1) is 16.8 Å². The van der Waals surface area contributed by atoms with Crippen LogP contribution in [0.2, 0.25) is 0 Å². The van der Waals surface area contributed by atoms with Gasteiger partial charge in [-0.1, -0.05) is 12.1 Å². The molecule has 0 saturated carbocycles. The number of anilines is 1. The van der Waals surface area contributed by atoms with Gasteiger partial charge in [0.2, 0.25) is 0 Å². The van der Waals surface area contributed by atoms with Crippen LogP contribution in [0, 0.1) is 0 Å². The van der Waals surface area contributed by atoms with Crippen LogP contribution in [0.25, 0.3) is 5.70 Å². The zero-order chi connectivity index (χ0) is 16.1. The molecule has 1 aromatic heterocycles. The van der Waals surface area contributed by atoms with Crippen molar-refractivity contribution in [1.29, 1.82) is 0 Å². The summed E-state index contributed by atoms with van der Waals surface area (Å²) < 4.78 is 1.89. The summed E-state index contributed by atoms with van der Waals surface area (Å²) in [5.41, 5.74) is 8.75. The van der Waals surface area contributed by atoms with E-state index in [1.807, 2.05) is 36.1 Å². The highest BCUT2D eigenvalue weighted by Crippen LogP contribution is 2.48. The molecule has 2 aromatic rings. The summed E-state index contributed by atoms with van der Waals surface area (Å²) in [5, 5.41) is 11.0. The van der Waals surface area contributed by atoms with Crippen molar-refractivity contribution < 1.29 is 9.59 Å². The highest BCUT2D eigenvalue weighted by atomic mass is 16.2. The van der Waals surface area contributed by atoms with Crippen LogP contribution in [0.3, 0.4) is 0 Å². The van der Waals surface area contributed by atoms with Gasteiger partial charge in [-0.05, 0) is 17.7 Å². The third-order valence-corrected chi connectivity index (χ3v) is 4.03. The number of carbonyl (C=O) groups is 2. The number of fused-ring (bicyclic) bond motifs is 3. The maximum absolute atomic E-state index is 12.9. The second-order valence-electron chi connectivity index (χ2n) is 5.53. The molecule has 114 valence electrons. The Balaban J connectivity index is 1.88. The topological polar surface area (TPSA) is 102 Å². The van der Waals surface area contributed by atoms with Crippen molar-refractivity contribution in [1.82, 2.24) is 4.57 Å². The van der Waals surface area contributed by atoms with E-state index >= 15 is 0 Å². The van der Waals surface area contributed by atoms with Crippen LogP contribution >= 0.6 is 0 Å². The first kappa shape index (κ1) is 13.4. The van der Waals surface area contributed by atoms with Crippen LogP contribution in [-0.2, 0) is 7.05 Å². The number of aromatic nitrogens is 1. The Morgan fingerprint density at radius 2 is 2.17 bits per heavy atom. The molecule has 2 amide bonds. The van der Waals surface area contributed by atoms with E-state index in [2.05, 4.69) is 15.5 Å². The molecule has 0 saturated heterocycles. The van der Waals surface area contributed by atoms with E-state index in [0.29, 0.717) is 22.5 Å². The number of nitrogens with one attached hydrogen (secondary N) is 1. The molecular formula is C16H13N5O2. The molecule has 1 unspecified atom stereocenters. The van der Waals surface area contributed by atoms with E-state index in [1.165, 1.54) is 0 Å². The molecule has 7 heteroatoms. The highest BCUT2D eigenvalue weighted by molar-refractivity contribution is 6.22. The number of nitrogens with zero attached hydrogens (tertiary/aromatic N) is 3. The second-order valence-corrected chi connectivity index (χ2v) is 5.53. The van der Waals surface area contributed by atoms with E-state index in [0.717, 1.165) is 11.1 Å². The lowest BCUT2D eigenvalue weighted by atomic mass is 10.0. The second kappa shape index (κ2) is 4.64. The van der Waals surface area contributed by atoms with Crippen molar-refractivity contribution in [3.05, 3.63) is 58.9 Å². The van der Waals surface area contributed by atoms with E-state index in [9.17, 15) is 9.59 Å². The fourth-order valence-corrected chi connectivity index (χ4v) is 3.09. The molecule has 0 spiro atoms. The number of aryl methyl sites for hydroxylation is 1. The number of carbonyl (C=O) groups excluding carboxylic acids is 2. The van der Waals surface area contributed by atoms with E-state index < -0.39 is 12.1 Å². The molecule has 0 fully saturated rings. The molecule has 23 heavy (non-hydrogen) atoms. The fourth-order valence-electron chi connectivity index (χ4n) is 3.09. The predicted octanol–water partition coefficient (Wildman–Crippen LogP) is 2.63. The van der Waals surface area contributed by atoms with Gasteiger partial charge in [-0.15, -0.1) is 0 Å². The van der Waals surface area contributed by atoms with Gasteiger partial charge in [-0.2, -0.15) is 10.2 Å². The lowest BCUT2D eigenvalue weighted by molar-refractivity contribution is 0.103. The summed E-state index contributed by atoms with van der Waals surface area (Å²) in [6.45, 7) is 0. The van der Waals surface area contributed by atoms with Gasteiger partial charge in [-0.25, -0.2) is 4.79 Å². The van der Waals surface area contributed by atoms with Crippen molar-refractivity contribution >= 4 is 23.2 Å². The van der Waals surface area contributed by atoms with Gasteiger partial charge >= 0.3 is 6.03 Å². The summed E-state index contributed by atoms with van der Waals surface area (Å²) in [6, 6.07) is 6.01. The van der Waals surface area contributed by atoms with Gasteiger partial charge in [0, 0.05) is 25.0 Å². The fraction of sp³-hybridized carbons (Fsp3) is 0.125. The highest BCUT2D eigenvalue weighted by Gasteiger charge is 2.42. The summed E-state index contributed by atoms with van der Waals surface area (Å²) in [5.74, 6) is -0.168. The Morgan fingerprint density at radius 1 is 1.35 bits per heavy atom. The number of nitrogens with two attached hydrogens (primary N) is 1. The normalized spacial score (nSPS) is 18.3. The Morgan fingerprint density at radius 3 is 2.87 bits per heavy atom. The molecule has 7 nitrogen and oxygen atoms in total. The molecule has 3 N–H and O–H groups in total. The molecule has 2 aliphatic rings. The molecule has 0 radical (unpaired) electrons. The average Bonchev–Trinajstić information content (AvgIpc) is 3.16. The van der Waals surface area contributed by atoms with Crippen molar-refractivity contribution in [3.63, 3.8) is 0 Å². The molecular weight excluding hydrogens is 294 g/mol. The van der Waals surface area contributed by atoms with Gasteiger partial charge < -0.3 is 15.6 Å². The minimum absolute atomic E-state index is 0.168. The average molecular weight is 307 g/mol. The lowest BCUT2D eigenvalue weighted by Crippen LogP contribution is -2.20. The van der Waals surface area contributed by atoms with Crippen LogP contribution in [-0.4, -0.2) is 16.4 Å². The summed E-state index contributed by atoms with van der Waals surface area (Å²) in [7, 11) is 1.90. The van der Waals surface area contributed by atoms with Crippen molar-refractivity contribution in [2.45, 2.75) is 6.04 Å². The number of azo groups is 1. The molecule has 1 aromatic carbocycles. The van der Waals surface area contributed by atoms with Crippen molar-refractivity contribution in [2.75, 3.05) is 5.32 Å². The van der Waals surface area contributed by atoms with Crippen LogP contribution in [0.15, 0.2) is 52.5 Å². The van der Waals surface area contributed by atoms with Gasteiger partial charge in [0.25, 0.3) is 0 Å². The minimum atomic E-state index is -0.706. The third kappa shape index (κ3) is 1.90. The van der Waals surface area contributed by atoms with E-state index in [1.54, 1.807) is 12.1 Å². The maximum atomic E-state index is 12.9. The summed E-state index contributed by atoms with van der Waals surface area (Å²) in [4.78, 5) is 24.0. The molecule has 4 rings (SSSR count). The van der Waals surface area contributed by atoms with Gasteiger partial charge in [-0.3, -0.25) is 4.79 Å². The number of ketones is 1. The van der Waals surface area contributed by atoms with Crippen LogP contribution in [0.4, 0.5) is 10.5 Å². The smallest absolute Gasteiger partial charge is 0.316 e. The number of primary amides is 1. The number of Topliss-reactive ketones (excluding diaryl/α,β-unsaturated/α-hetero) is 1. The third-order valence-electron chi connectivity index (χ3n) is 4.03. The summed E-state index contributed by atoms with van der Waals surface area (Å²) >= 11 is 0. The predicted molar refractivity (Wildman–Crippen MR) is 83.9 cm³/mol. The first-order chi connectivity index (χ1) is 11.1. The quantitative estimate of drug-likeness (QED) is 0.890. The van der Waals surface area contributed by atoms with Crippen LogP contribution < -0.4 is 11.1 Å². The van der Waals surface area contributed by atoms with Crippen molar-refractivity contribution in [3.8, 4) is 0 Å². The first-order valence-corrected chi connectivity index (χ1v) is 7.07. The Kier molecular flexibility index (Phi) is 2.71. The molecule has 1 aliphatic carbocycles. The van der Waals surface area contributed by atoms with Crippen LogP contribution in [0.5, 0.6) is 0 Å². The first-order valence-electron chi connectivity index (χ1n) is 7.07. The lowest BCUT2D eigenvalue weighted by Gasteiger charge is -2.07. The standard InChI is InChI=1S/C16H13N5O2/c1-21-6-5-8(7-21)13-12-14(20-19-13)9-3-2-4-10(18-16(17)23)11(9)15(12)22/h2-7,14H,1H3,(H3,17,18,23). The minimum Gasteiger partial charge on any atom is -0.357 e. The number of urea groups is 1. The number of benzene rings is 1. The molecule has 0 bridgehead atoms. The zero-order valence-electron chi connectivity index (χ0n) is 12.3. The number of hydrogen-bond donors (Lipinski definition) is 2. The summed E-state index contributed by atoms with van der Waals surface area (Å²) in [6.07, 6.45) is 3.78. The Bertz CT molecular complexity index is 922. The SMILES string of the molecule is Cn1ccc(C2=C3C(=O)c4c(NC(N)=O)cccc4C3N=N2)c1. The van der Waals surface area contributed by atoms with Crippen molar-refractivity contribution in [2.24, 2.45) is 23.0 Å². The van der Waals surface area contributed by atoms with E-state index in [-0.39, 0.29) is 5.78 Å². The Hall–Kier alpha value is -3.22. The number of amides is 2. The van der Waals surface area contributed by atoms with Crippen LogP contribution in [0.1, 0.15) is 27.5 Å². The molecule has 1 aliphatic heterocycles. The largest absolute Gasteiger partial charge is 0.357 e. The zero-order valence-corrected chi connectivity index (χ0v) is 12.3. The van der Waals surface area contributed by atoms with E-state index in [4.69, 9.17) is 5.73 Å². The number of rotatable bonds is 2. The molecule has 1 atom stereocenters. The maximum Gasteiger partial charge on any atom is 0.316 e. The van der Waals surface area contributed by atoms with Gasteiger partial charge in [0.1, 0.15) is 11.7 Å². The van der Waals surface area contributed by atoms with Gasteiger partial charge in [0.15, 0.2) is 5.78 Å². The Labute approximate surface area is 131 Å².